The lowest BCUT2D eigenvalue weighted by atomic mass is 10.0. The summed E-state index contributed by atoms with van der Waals surface area (Å²) < 4.78 is 19.2. The van der Waals surface area contributed by atoms with Gasteiger partial charge in [0, 0.05) is 41.5 Å². The van der Waals surface area contributed by atoms with Crippen LogP contribution in [0.25, 0.3) is 16.7 Å². The summed E-state index contributed by atoms with van der Waals surface area (Å²) in [4.78, 5) is 7.60. The normalized spacial score (nSPS) is 17.8. The van der Waals surface area contributed by atoms with E-state index in [1.165, 1.54) is 12.1 Å². The monoisotopic (exact) mass is 304 g/mol. The van der Waals surface area contributed by atoms with Crippen molar-refractivity contribution in [2.24, 2.45) is 4.99 Å². The first-order valence-corrected chi connectivity index (χ1v) is 7.60. The van der Waals surface area contributed by atoms with Gasteiger partial charge < -0.3 is 14.4 Å². The van der Waals surface area contributed by atoms with E-state index in [1.807, 2.05) is 6.07 Å². The molecule has 2 aromatic rings. The third-order valence-electron chi connectivity index (χ3n) is 3.68. The summed E-state index contributed by atoms with van der Waals surface area (Å²) in [7, 11) is 0. The van der Waals surface area contributed by atoms with Crippen LogP contribution in [0.1, 0.15) is 12.0 Å². The average molecular weight is 304 g/mol. The maximum Gasteiger partial charge on any atom is 0.168 e. The van der Waals surface area contributed by atoms with E-state index in [2.05, 4.69) is 9.89 Å². The summed E-state index contributed by atoms with van der Waals surface area (Å²) in [5, 5.41) is 11.1. The second-order valence-corrected chi connectivity index (χ2v) is 6.01. The molecule has 0 fully saturated rings. The Kier molecular flexibility index (Phi) is 3.01. The molecule has 3 heterocycles. The first-order valence-electron chi connectivity index (χ1n) is 6.79. The smallest absolute Gasteiger partial charge is 0.168 e. The summed E-state index contributed by atoms with van der Waals surface area (Å²) in [6, 6.07) is 4.78. The second-order valence-electron chi connectivity index (χ2n) is 4.95. The van der Waals surface area contributed by atoms with Crippen molar-refractivity contribution in [2.75, 3.05) is 19.7 Å². The summed E-state index contributed by atoms with van der Waals surface area (Å²) in [6.07, 6.45) is 2.12. The highest BCUT2D eigenvalue weighted by molar-refractivity contribution is 8.17. The average Bonchev–Trinajstić information content (AvgIpc) is 3.12. The SMILES string of the molecule is OCCC1=C(c2cc(F)cc3occc23)N2CCN=C2S1. The van der Waals surface area contributed by atoms with Gasteiger partial charge in [0.1, 0.15) is 11.4 Å². The van der Waals surface area contributed by atoms with E-state index >= 15 is 0 Å². The minimum absolute atomic E-state index is 0.0663. The van der Waals surface area contributed by atoms with Gasteiger partial charge in [-0.1, -0.05) is 11.8 Å². The molecule has 0 unspecified atom stereocenters. The summed E-state index contributed by atoms with van der Waals surface area (Å²) in [6.45, 7) is 1.61. The van der Waals surface area contributed by atoms with E-state index in [0.29, 0.717) is 12.0 Å². The van der Waals surface area contributed by atoms with Gasteiger partial charge >= 0.3 is 0 Å². The number of amidine groups is 1. The third kappa shape index (κ3) is 1.98. The molecule has 0 radical (unpaired) electrons. The van der Waals surface area contributed by atoms with Crippen molar-refractivity contribution in [1.82, 2.24) is 4.90 Å². The molecule has 4 nitrogen and oxygen atoms in total. The summed E-state index contributed by atoms with van der Waals surface area (Å²) in [5.41, 5.74) is 2.30. The number of aliphatic hydroxyl groups is 1. The van der Waals surface area contributed by atoms with E-state index in [9.17, 15) is 9.50 Å². The minimum Gasteiger partial charge on any atom is -0.464 e. The Hall–Kier alpha value is -1.79. The van der Waals surface area contributed by atoms with Crippen LogP contribution >= 0.6 is 11.8 Å². The number of hydrogen-bond acceptors (Lipinski definition) is 5. The highest BCUT2D eigenvalue weighted by Gasteiger charge is 2.33. The molecular weight excluding hydrogens is 291 g/mol. The zero-order valence-electron chi connectivity index (χ0n) is 11.2. The van der Waals surface area contributed by atoms with E-state index in [-0.39, 0.29) is 12.4 Å². The van der Waals surface area contributed by atoms with Crippen LogP contribution in [0.5, 0.6) is 0 Å². The Labute approximate surface area is 124 Å². The molecule has 0 amide bonds. The molecule has 0 aliphatic carbocycles. The first kappa shape index (κ1) is 12.9. The van der Waals surface area contributed by atoms with Crippen LogP contribution in [-0.2, 0) is 0 Å². The Morgan fingerprint density at radius 2 is 2.33 bits per heavy atom. The highest BCUT2D eigenvalue weighted by atomic mass is 32.2. The van der Waals surface area contributed by atoms with Crippen molar-refractivity contribution >= 4 is 33.6 Å². The molecule has 6 heteroatoms. The third-order valence-corrected chi connectivity index (χ3v) is 4.86. The van der Waals surface area contributed by atoms with Gasteiger partial charge in [-0.2, -0.15) is 0 Å². The fraction of sp³-hybridized carbons (Fsp3) is 0.267. The minimum atomic E-state index is -0.321. The van der Waals surface area contributed by atoms with Gasteiger partial charge in [-0.3, -0.25) is 4.99 Å². The lowest BCUT2D eigenvalue weighted by Gasteiger charge is -2.18. The lowest BCUT2D eigenvalue weighted by Crippen LogP contribution is -2.20. The number of benzene rings is 1. The lowest BCUT2D eigenvalue weighted by molar-refractivity contribution is 0.301. The van der Waals surface area contributed by atoms with Crippen molar-refractivity contribution in [3.63, 3.8) is 0 Å². The van der Waals surface area contributed by atoms with Crippen LogP contribution in [0.2, 0.25) is 0 Å². The van der Waals surface area contributed by atoms with Gasteiger partial charge in [0.05, 0.1) is 18.5 Å². The van der Waals surface area contributed by atoms with E-state index < -0.39 is 0 Å². The number of nitrogens with zero attached hydrogens (tertiary/aromatic N) is 2. The number of aliphatic imine (C=N–C) groups is 1. The zero-order valence-corrected chi connectivity index (χ0v) is 12.0. The maximum absolute atomic E-state index is 13.9. The van der Waals surface area contributed by atoms with Crippen LogP contribution in [0.4, 0.5) is 4.39 Å². The number of aliphatic hydroxyl groups excluding tert-OH is 1. The van der Waals surface area contributed by atoms with Gasteiger partial charge in [-0.05, 0) is 12.1 Å². The van der Waals surface area contributed by atoms with Crippen molar-refractivity contribution in [1.29, 1.82) is 0 Å². The van der Waals surface area contributed by atoms with Crippen LogP contribution in [-0.4, -0.2) is 34.9 Å². The predicted octanol–water partition coefficient (Wildman–Crippen LogP) is 3.04. The predicted molar refractivity (Wildman–Crippen MR) is 81.4 cm³/mol. The first-order chi connectivity index (χ1) is 10.3. The molecule has 0 bridgehead atoms. The molecule has 0 atom stereocenters. The van der Waals surface area contributed by atoms with Gasteiger partial charge in [0.2, 0.25) is 0 Å². The molecule has 0 spiro atoms. The number of fused-ring (bicyclic) bond motifs is 2. The van der Waals surface area contributed by atoms with Crippen molar-refractivity contribution in [3.8, 4) is 0 Å². The summed E-state index contributed by atoms with van der Waals surface area (Å²) >= 11 is 1.57. The van der Waals surface area contributed by atoms with Crippen LogP contribution in [0.3, 0.4) is 0 Å². The molecule has 0 saturated carbocycles. The van der Waals surface area contributed by atoms with Crippen molar-refractivity contribution < 1.29 is 13.9 Å². The molecular formula is C15H13FN2O2S. The molecule has 108 valence electrons. The number of halogens is 1. The van der Waals surface area contributed by atoms with Crippen LogP contribution < -0.4 is 0 Å². The van der Waals surface area contributed by atoms with Crippen LogP contribution in [0.15, 0.2) is 38.8 Å². The molecule has 1 aromatic carbocycles. The summed E-state index contributed by atoms with van der Waals surface area (Å²) in [5.74, 6) is -0.321. The molecule has 2 aliphatic rings. The fourth-order valence-corrected chi connectivity index (χ4v) is 4.01. The van der Waals surface area contributed by atoms with Gasteiger partial charge in [0.15, 0.2) is 5.17 Å². The molecule has 21 heavy (non-hydrogen) atoms. The number of furan rings is 1. The maximum atomic E-state index is 13.9. The quantitative estimate of drug-likeness (QED) is 0.947. The van der Waals surface area contributed by atoms with Gasteiger partial charge in [0.25, 0.3) is 0 Å². The van der Waals surface area contributed by atoms with Crippen molar-refractivity contribution in [2.45, 2.75) is 6.42 Å². The zero-order chi connectivity index (χ0) is 14.4. The topological polar surface area (TPSA) is 49.0 Å². The number of thioether (sulfide) groups is 1. The number of hydrogen-bond donors (Lipinski definition) is 1. The van der Waals surface area contributed by atoms with Crippen molar-refractivity contribution in [3.05, 3.63) is 40.7 Å². The highest BCUT2D eigenvalue weighted by Crippen LogP contribution is 2.45. The standard InChI is InChI=1S/C15H13FN2O2S/c16-9-7-11(10-2-6-20-12(10)8-9)14-13(1-5-19)21-15-17-3-4-18(14)15/h2,6-8,19H,1,3-5H2. The molecule has 4 rings (SSSR count). The molecule has 0 saturated heterocycles. The Morgan fingerprint density at radius 1 is 1.43 bits per heavy atom. The van der Waals surface area contributed by atoms with E-state index in [0.717, 1.165) is 39.8 Å². The second kappa shape index (κ2) is 4.89. The Morgan fingerprint density at radius 3 is 3.19 bits per heavy atom. The molecule has 1 N–H and O–H groups in total. The van der Waals surface area contributed by atoms with E-state index in [1.54, 1.807) is 18.0 Å². The van der Waals surface area contributed by atoms with Crippen LogP contribution in [0, 0.1) is 5.82 Å². The Bertz CT molecular complexity index is 781. The van der Waals surface area contributed by atoms with E-state index in [4.69, 9.17) is 4.42 Å². The number of rotatable bonds is 3. The molecule has 1 aromatic heterocycles. The fourth-order valence-electron chi connectivity index (χ4n) is 2.83. The van der Waals surface area contributed by atoms with Gasteiger partial charge in [-0.25, -0.2) is 4.39 Å². The largest absolute Gasteiger partial charge is 0.464 e. The Balaban J connectivity index is 1.94. The van der Waals surface area contributed by atoms with Gasteiger partial charge in [-0.15, -0.1) is 0 Å². The molecule has 2 aliphatic heterocycles.